The minimum absolute atomic E-state index is 0. The molecule has 1 N–H and O–H groups in total. The van der Waals surface area contributed by atoms with Gasteiger partial charge in [-0.2, -0.15) is 0 Å². The van der Waals surface area contributed by atoms with Crippen molar-refractivity contribution >= 4 is 10.1 Å². The molecule has 164 valence electrons. The summed E-state index contributed by atoms with van der Waals surface area (Å²) in [5, 5.41) is 9.30. The summed E-state index contributed by atoms with van der Waals surface area (Å²) in [6.45, 7) is 4.23. The molecule has 0 spiro atoms. The number of hydrogen-bond donors (Lipinski definition) is 1. The summed E-state index contributed by atoms with van der Waals surface area (Å²) in [6, 6.07) is 0. The van der Waals surface area contributed by atoms with Gasteiger partial charge in [-0.05, 0) is 25.7 Å². The summed E-state index contributed by atoms with van der Waals surface area (Å²) in [5.74, 6) is 0. The molecule has 0 radical (unpaired) electrons. The summed E-state index contributed by atoms with van der Waals surface area (Å²) >= 11 is 0. The van der Waals surface area contributed by atoms with E-state index in [9.17, 15) is 18.1 Å². The molecule has 4 nitrogen and oxygen atoms in total. The van der Waals surface area contributed by atoms with Gasteiger partial charge in [-0.1, -0.05) is 104 Å². The van der Waals surface area contributed by atoms with Gasteiger partial charge in [0.05, 0.1) is 16.2 Å². The Morgan fingerprint density at radius 3 is 1.43 bits per heavy atom. The SMILES string of the molecule is CCCCCCCC(O)CCCCCCCCCC(CCCC)S(=O)(=O)[O-].[K+]. The second kappa shape index (κ2) is 21.7. The van der Waals surface area contributed by atoms with Crippen LogP contribution < -0.4 is 51.4 Å². The predicted octanol–water partition coefficient (Wildman–Crippen LogP) is 3.33. The van der Waals surface area contributed by atoms with E-state index in [0.717, 1.165) is 64.2 Å². The topological polar surface area (TPSA) is 77.4 Å². The van der Waals surface area contributed by atoms with E-state index in [1.807, 2.05) is 6.92 Å². The van der Waals surface area contributed by atoms with E-state index in [1.165, 1.54) is 38.5 Å². The second-order valence-electron chi connectivity index (χ2n) is 8.17. The first-order chi connectivity index (χ1) is 12.9. The summed E-state index contributed by atoms with van der Waals surface area (Å²) in [5.41, 5.74) is 0. The van der Waals surface area contributed by atoms with Crippen LogP contribution in [0.25, 0.3) is 0 Å². The fraction of sp³-hybridized carbons (Fsp3) is 1.00. The molecule has 0 aliphatic heterocycles. The first-order valence-corrected chi connectivity index (χ1v) is 13.0. The number of aliphatic hydroxyl groups excluding tert-OH is 1. The zero-order valence-electron chi connectivity index (χ0n) is 19.0. The zero-order valence-corrected chi connectivity index (χ0v) is 22.9. The molecule has 0 aromatic carbocycles. The number of rotatable bonds is 20. The Morgan fingerprint density at radius 2 is 1.00 bits per heavy atom. The first-order valence-electron chi connectivity index (χ1n) is 11.5. The molecule has 0 aliphatic rings. The standard InChI is InChI=1S/C22H46O4S.K/c1-3-5-7-11-14-17-21(23)18-15-12-9-8-10-13-16-20-22(19-6-4-2)27(24,25)26;/h21-23H,3-20H2,1-2H3,(H,24,25,26);/q;+1/p-1. The molecule has 0 amide bonds. The van der Waals surface area contributed by atoms with E-state index in [2.05, 4.69) is 6.92 Å². The van der Waals surface area contributed by atoms with E-state index in [0.29, 0.717) is 12.8 Å². The van der Waals surface area contributed by atoms with E-state index in [1.54, 1.807) is 0 Å². The smallest absolute Gasteiger partial charge is 0.748 e. The molecule has 28 heavy (non-hydrogen) atoms. The molecule has 0 fully saturated rings. The van der Waals surface area contributed by atoms with Crippen LogP contribution in [-0.4, -0.2) is 29.4 Å². The average Bonchev–Trinajstić information content (AvgIpc) is 2.61. The third-order valence-corrected chi connectivity index (χ3v) is 6.78. The molecule has 0 heterocycles. The fourth-order valence-corrected chi connectivity index (χ4v) is 4.54. The maximum absolute atomic E-state index is 11.3. The molecular weight excluding hydrogens is 399 g/mol. The summed E-state index contributed by atoms with van der Waals surface area (Å²) < 4.78 is 33.8. The van der Waals surface area contributed by atoms with Gasteiger partial charge in [0, 0.05) is 5.25 Å². The fourth-order valence-electron chi connectivity index (χ4n) is 3.63. The van der Waals surface area contributed by atoms with Crippen molar-refractivity contribution in [3.63, 3.8) is 0 Å². The maximum Gasteiger partial charge on any atom is 1.00 e. The van der Waals surface area contributed by atoms with Crippen LogP contribution in [0.4, 0.5) is 0 Å². The Bertz CT molecular complexity index is 415. The van der Waals surface area contributed by atoms with Gasteiger partial charge in [0.1, 0.15) is 0 Å². The van der Waals surface area contributed by atoms with E-state index < -0.39 is 15.4 Å². The van der Waals surface area contributed by atoms with Gasteiger partial charge in [0.25, 0.3) is 0 Å². The maximum atomic E-state index is 11.3. The van der Waals surface area contributed by atoms with Crippen molar-refractivity contribution in [2.45, 2.75) is 141 Å². The monoisotopic (exact) mass is 444 g/mol. The predicted molar refractivity (Wildman–Crippen MR) is 114 cm³/mol. The Kier molecular flexibility index (Phi) is 24.6. The van der Waals surface area contributed by atoms with Gasteiger partial charge in [0.2, 0.25) is 0 Å². The molecule has 0 saturated carbocycles. The number of hydrogen-bond acceptors (Lipinski definition) is 4. The molecule has 6 heteroatoms. The minimum atomic E-state index is -4.14. The molecule has 0 aromatic heterocycles. The zero-order chi connectivity index (χ0) is 20.4. The Labute approximate surface area is 218 Å². The average molecular weight is 445 g/mol. The normalized spacial score (nSPS) is 13.9. The Balaban J connectivity index is 0. The van der Waals surface area contributed by atoms with Crippen LogP contribution in [0, 0.1) is 0 Å². The second-order valence-corrected chi connectivity index (χ2v) is 9.82. The molecule has 0 aromatic rings. The Morgan fingerprint density at radius 1 is 0.643 bits per heavy atom. The number of unbranched alkanes of at least 4 members (excludes halogenated alkanes) is 11. The van der Waals surface area contributed by atoms with Crippen molar-refractivity contribution < 1.29 is 69.5 Å². The van der Waals surface area contributed by atoms with Gasteiger partial charge in [-0.3, -0.25) is 0 Å². The van der Waals surface area contributed by atoms with Gasteiger partial charge in [-0.15, -0.1) is 0 Å². The largest absolute Gasteiger partial charge is 1.00 e. The van der Waals surface area contributed by atoms with Crippen molar-refractivity contribution in [1.29, 1.82) is 0 Å². The number of aliphatic hydroxyl groups is 1. The molecule has 0 aliphatic carbocycles. The van der Waals surface area contributed by atoms with E-state index in [-0.39, 0.29) is 57.5 Å². The van der Waals surface area contributed by atoms with Crippen LogP contribution in [0.5, 0.6) is 0 Å². The van der Waals surface area contributed by atoms with Crippen LogP contribution in [0.15, 0.2) is 0 Å². The van der Waals surface area contributed by atoms with Crippen molar-refractivity contribution in [2.24, 2.45) is 0 Å². The van der Waals surface area contributed by atoms with Crippen LogP contribution >= 0.6 is 0 Å². The van der Waals surface area contributed by atoms with Gasteiger partial charge < -0.3 is 9.66 Å². The van der Waals surface area contributed by atoms with Gasteiger partial charge in [-0.25, -0.2) is 8.42 Å². The summed E-state index contributed by atoms with van der Waals surface area (Å²) in [4.78, 5) is 0. The Hall–Kier alpha value is 1.51. The van der Waals surface area contributed by atoms with E-state index >= 15 is 0 Å². The first kappa shape index (κ1) is 31.7. The molecule has 2 atom stereocenters. The summed E-state index contributed by atoms with van der Waals surface area (Å²) in [7, 11) is -4.14. The molecular formula is C22H45KO4S. The van der Waals surface area contributed by atoms with Crippen LogP contribution in [-0.2, 0) is 10.1 Å². The van der Waals surface area contributed by atoms with Crippen molar-refractivity contribution in [1.82, 2.24) is 0 Å². The van der Waals surface area contributed by atoms with Gasteiger partial charge >= 0.3 is 51.4 Å². The third-order valence-electron chi connectivity index (χ3n) is 5.49. The molecule has 0 bridgehead atoms. The minimum Gasteiger partial charge on any atom is -0.748 e. The quantitative estimate of drug-likeness (QED) is 0.177. The van der Waals surface area contributed by atoms with Gasteiger partial charge in [0.15, 0.2) is 0 Å². The summed E-state index contributed by atoms with van der Waals surface area (Å²) in [6.07, 6.45) is 18.4. The third kappa shape index (κ3) is 20.8. The van der Waals surface area contributed by atoms with Crippen molar-refractivity contribution in [3.05, 3.63) is 0 Å². The molecule has 0 rings (SSSR count). The van der Waals surface area contributed by atoms with Crippen LogP contribution in [0.2, 0.25) is 0 Å². The van der Waals surface area contributed by atoms with Crippen molar-refractivity contribution in [3.8, 4) is 0 Å². The van der Waals surface area contributed by atoms with Crippen LogP contribution in [0.3, 0.4) is 0 Å². The van der Waals surface area contributed by atoms with E-state index in [4.69, 9.17) is 0 Å². The molecule has 0 saturated heterocycles. The molecule has 2 unspecified atom stereocenters. The van der Waals surface area contributed by atoms with Crippen molar-refractivity contribution in [2.75, 3.05) is 0 Å². The van der Waals surface area contributed by atoms with Crippen LogP contribution in [0.1, 0.15) is 129 Å².